The summed E-state index contributed by atoms with van der Waals surface area (Å²) < 4.78 is 9.38. The second-order valence-electron chi connectivity index (χ2n) is 3.22. The molecule has 3 N–H and O–H groups in total. The summed E-state index contributed by atoms with van der Waals surface area (Å²) in [5.41, 5.74) is 4.75. The van der Waals surface area contributed by atoms with Crippen LogP contribution in [0.5, 0.6) is 0 Å². The third-order valence-corrected chi connectivity index (χ3v) is 2.13. The maximum atomic E-state index is 11.5. The molecule has 1 heterocycles. The highest BCUT2D eigenvalue weighted by atomic mass is 16.5. The molecule has 1 unspecified atom stereocenters. The van der Waals surface area contributed by atoms with Crippen molar-refractivity contribution in [3.05, 3.63) is 0 Å². The molecule has 0 aliphatic carbocycles. The van der Waals surface area contributed by atoms with Crippen molar-refractivity contribution >= 4 is 11.9 Å². The lowest BCUT2D eigenvalue weighted by Crippen LogP contribution is -2.55. The number of carbonyl (C=O) groups excluding carboxylic acids is 2. The fourth-order valence-electron chi connectivity index (χ4n) is 1.16. The molecule has 0 radical (unpaired) electrons. The normalized spacial score (nSPS) is 25.9. The summed E-state index contributed by atoms with van der Waals surface area (Å²) in [6.07, 6.45) is 0.472. The number of carbonyl (C=O) groups is 2. The van der Waals surface area contributed by atoms with Gasteiger partial charge in [-0.1, -0.05) is 0 Å². The molecule has 0 saturated carbocycles. The lowest BCUT2D eigenvalue weighted by Gasteiger charge is -2.19. The molecule has 6 heteroatoms. The number of esters is 1. The lowest BCUT2D eigenvalue weighted by atomic mass is 9.99. The van der Waals surface area contributed by atoms with Crippen LogP contribution >= 0.6 is 0 Å². The Bertz CT molecular complexity index is 235. The first-order chi connectivity index (χ1) is 6.58. The fraction of sp³-hybridized carbons (Fsp3) is 0.750. The van der Waals surface area contributed by atoms with Gasteiger partial charge in [0.05, 0.1) is 13.7 Å². The van der Waals surface area contributed by atoms with Crippen LogP contribution in [0.25, 0.3) is 0 Å². The van der Waals surface area contributed by atoms with Gasteiger partial charge in [0.15, 0.2) is 0 Å². The van der Waals surface area contributed by atoms with E-state index in [0.717, 1.165) is 0 Å². The number of rotatable bonds is 3. The molecule has 0 aromatic heterocycles. The first-order valence-electron chi connectivity index (χ1n) is 4.30. The summed E-state index contributed by atoms with van der Waals surface area (Å²) in [6, 6.07) is 0. The quantitative estimate of drug-likeness (QED) is 0.537. The van der Waals surface area contributed by atoms with Crippen molar-refractivity contribution in [1.29, 1.82) is 0 Å². The molecule has 6 nitrogen and oxygen atoms in total. The van der Waals surface area contributed by atoms with E-state index < -0.39 is 11.5 Å². The Labute approximate surface area is 81.7 Å². The zero-order valence-corrected chi connectivity index (χ0v) is 8.04. The predicted molar refractivity (Wildman–Crippen MR) is 47.4 cm³/mol. The van der Waals surface area contributed by atoms with Gasteiger partial charge in [-0.25, -0.2) is 0 Å². The highest BCUT2D eigenvalue weighted by Crippen LogP contribution is 2.14. The topological polar surface area (TPSA) is 90.7 Å². The van der Waals surface area contributed by atoms with Crippen molar-refractivity contribution in [2.24, 2.45) is 5.73 Å². The van der Waals surface area contributed by atoms with Gasteiger partial charge in [-0.05, 0) is 6.42 Å². The van der Waals surface area contributed by atoms with E-state index in [-0.39, 0.29) is 19.1 Å². The van der Waals surface area contributed by atoms with Gasteiger partial charge in [0.2, 0.25) is 5.91 Å². The Kier molecular flexibility index (Phi) is 3.43. The van der Waals surface area contributed by atoms with Crippen LogP contribution in [-0.2, 0) is 19.1 Å². The minimum Gasteiger partial charge on any atom is -0.468 e. The van der Waals surface area contributed by atoms with Crippen molar-refractivity contribution in [3.63, 3.8) is 0 Å². The van der Waals surface area contributed by atoms with E-state index in [0.29, 0.717) is 13.0 Å². The number of nitrogens with two attached hydrogens (primary N) is 1. The van der Waals surface area contributed by atoms with Gasteiger partial charge in [0.1, 0.15) is 12.1 Å². The molecular formula is C8H14N2O4. The van der Waals surface area contributed by atoms with Gasteiger partial charge in [0.25, 0.3) is 0 Å². The average molecular weight is 202 g/mol. The Hall–Kier alpha value is -1.14. The summed E-state index contributed by atoms with van der Waals surface area (Å²) >= 11 is 0. The van der Waals surface area contributed by atoms with E-state index in [1.807, 2.05) is 0 Å². The van der Waals surface area contributed by atoms with Crippen molar-refractivity contribution in [3.8, 4) is 0 Å². The molecule has 1 saturated heterocycles. The first kappa shape index (κ1) is 10.9. The van der Waals surface area contributed by atoms with Crippen LogP contribution < -0.4 is 11.1 Å². The smallest absolute Gasteiger partial charge is 0.325 e. The maximum Gasteiger partial charge on any atom is 0.325 e. The second kappa shape index (κ2) is 4.39. The Balaban J connectivity index is 2.38. The minimum atomic E-state index is -0.992. The molecule has 80 valence electrons. The molecule has 0 bridgehead atoms. The summed E-state index contributed by atoms with van der Waals surface area (Å²) in [5.74, 6) is -0.874. The maximum absolute atomic E-state index is 11.5. The van der Waals surface area contributed by atoms with Crippen molar-refractivity contribution in [2.75, 3.05) is 26.9 Å². The fourth-order valence-corrected chi connectivity index (χ4v) is 1.16. The van der Waals surface area contributed by atoms with E-state index in [4.69, 9.17) is 10.5 Å². The largest absolute Gasteiger partial charge is 0.468 e. The van der Waals surface area contributed by atoms with Crippen LogP contribution in [-0.4, -0.2) is 44.3 Å². The van der Waals surface area contributed by atoms with E-state index in [2.05, 4.69) is 10.1 Å². The van der Waals surface area contributed by atoms with E-state index in [1.165, 1.54) is 7.11 Å². The molecule has 1 rings (SSSR count). The zero-order valence-electron chi connectivity index (χ0n) is 8.04. The summed E-state index contributed by atoms with van der Waals surface area (Å²) in [7, 11) is 1.26. The molecule has 1 fully saturated rings. The zero-order chi connectivity index (χ0) is 10.6. The molecule has 1 aliphatic heterocycles. The molecule has 0 aromatic carbocycles. The second-order valence-corrected chi connectivity index (χ2v) is 3.22. The molecule has 1 aliphatic rings. The van der Waals surface area contributed by atoms with Gasteiger partial charge in [-0.3, -0.25) is 9.59 Å². The molecule has 14 heavy (non-hydrogen) atoms. The number of ether oxygens (including phenoxy) is 2. The van der Waals surface area contributed by atoms with Crippen LogP contribution in [0.3, 0.4) is 0 Å². The van der Waals surface area contributed by atoms with E-state index in [1.54, 1.807) is 0 Å². The predicted octanol–water partition coefficient (Wildman–Crippen LogP) is -1.61. The van der Waals surface area contributed by atoms with Gasteiger partial charge >= 0.3 is 5.97 Å². The summed E-state index contributed by atoms with van der Waals surface area (Å²) in [4.78, 5) is 22.2. The van der Waals surface area contributed by atoms with Gasteiger partial charge in [-0.2, -0.15) is 0 Å². The van der Waals surface area contributed by atoms with Crippen molar-refractivity contribution in [2.45, 2.75) is 12.0 Å². The average Bonchev–Trinajstić information content (AvgIpc) is 2.62. The third-order valence-electron chi connectivity index (χ3n) is 2.13. The van der Waals surface area contributed by atoms with Crippen LogP contribution in [0.2, 0.25) is 0 Å². The number of hydrogen-bond acceptors (Lipinski definition) is 5. The summed E-state index contributed by atoms with van der Waals surface area (Å²) in [5, 5.41) is 2.40. The first-order valence-corrected chi connectivity index (χ1v) is 4.30. The third kappa shape index (κ3) is 2.43. The Morgan fingerprint density at radius 3 is 2.86 bits per heavy atom. The van der Waals surface area contributed by atoms with Gasteiger partial charge in [-0.15, -0.1) is 0 Å². The number of nitrogens with one attached hydrogen (secondary N) is 1. The minimum absolute atomic E-state index is 0.158. The lowest BCUT2D eigenvalue weighted by molar-refractivity contribution is -0.141. The Morgan fingerprint density at radius 2 is 2.36 bits per heavy atom. The standard InChI is InChI=1S/C8H14N2O4/c1-13-6(11)4-10-7(12)8(9)2-3-14-5-8/h2-5,9H2,1H3,(H,10,12). The molecule has 1 atom stereocenters. The monoisotopic (exact) mass is 202 g/mol. The Morgan fingerprint density at radius 1 is 1.64 bits per heavy atom. The SMILES string of the molecule is COC(=O)CNC(=O)C1(N)CCOC1. The highest BCUT2D eigenvalue weighted by molar-refractivity contribution is 5.89. The van der Waals surface area contributed by atoms with Gasteiger partial charge in [0, 0.05) is 6.61 Å². The molecule has 0 spiro atoms. The van der Waals surface area contributed by atoms with Crippen LogP contribution in [0.15, 0.2) is 0 Å². The molecular weight excluding hydrogens is 188 g/mol. The van der Waals surface area contributed by atoms with Gasteiger partial charge < -0.3 is 20.5 Å². The van der Waals surface area contributed by atoms with Crippen molar-refractivity contribution in [1.82, 2.24) is 5.32 Å². The van der Waals surface area contributed by atoms with E-state index >= 15 is 0 Å². The molecule has 0 aromatic rings. The molecule has 1 amide bonds. The number of amides is 1. The highest BCUT2D eigenvalue weighted by Gasteiger charge is 2.38. The van der Waals surface area contributed by atoms with Crippen LogP contribution in [0.1, 0.15) is 6.42 Å². The number of hydrogen-bond donors (Lipinski definition) is 2. The van der Waals surface area contributed by atoms with Crippen molar-refractivity contribution < 1.29 is 19.1 Å². The summed E-state index contributed by atoms with van der Waals surface area (Å²) in [6.45, 7) is 0.510. The van der Waals surface area contributed by atoms with Crippen LogP contribution in [0.4, 0.5) is 0 Å². The van der Waals surface area contributed by atoms with Crippen LogP contribution in [0, 0.1) is 0 Å². The van der Waals surface area contributed by atoms with E-state index in [9.17, 15) is 9.59 Å². The number of methoxy groups -OCH3 is 1.